The van der Waals surface area contributed by atoms with Gasteiger partial charge in [0.2, 0.25) is 0 Å². The normalized spacial score (nSPS) is 11.2. The summed E-state index contributed by atoms with van der Waals surface area (Å²) in [6.07, 6.45) is 3.58. The minimum Gasteiger partial charge on any atom is -0.497 e. The van der Waals surface area contributed by atoms with Gasteiger partial charge < -0.3 is 19.4 Å². The lowest BCUT2D eigenvalue weighted by atomic mass is 10.1. The molecule has 0 atom stereocenters. The number of carbonyl (C=O) groups excluding carboxylic acids is 1. The molecular weight excluding hydrogens is 494 g/mol. The molecule has 0 aliphatic carbocycles. The Morgan fingerprint density at radius 3 is 2.65 bits per heavy atom. The molecule has 0 aliphatic rings. The summed E-state index contributed by atoms with van der Waals surface area (Å²) in [4.78, 5) is 12.9. The molecule has 0 unspecified atom stereocenters. The van der Waals surface area contributed by atoms with Crippen LogP contribution < -0.4 is 14.8 Å². The minimum absolute atomic E-state index is 0.0109. The van der Waals surface area contributed by atoms with Gasteiger partial charge in [0.1, 0.15) is 23.1 Å². The zero-order valence-corrected chi connectivity index (χ0v) is 20.3. The maximum absolute atomic E-state index is 12.9. The third-order valence-corrected chi connectivity index (χ3v) is 5.88. The van der Waals surface area contributed by atoms with Crippen molar-refractivity contribution in [1.29, 1.82) is 5.26 Å². The Labute approximate surface area is 206 Å². The Kier molecular flexibility index (Phi) is 7.00. The molecule has 1 heterocycles. The third-order valence-electron chi connectivity index (χ3n) is 5.38. The largest absolute Gasteiger partial charge is 0.497 e. The number of halogens is 1. The first-order chi connectivity index (χ1) is 16.5. The molecule has 1 N–H and O–H groups in total. The third kappa shape index (κ3) is 4.98. The minimum atomic E-state index is -0.519. The number of aromatic nitrogens is 1. The monoisotopic (exact) mass is 515 g/mol. The highest BCUT2D eigenvalue weighted by Gasteiger charge is 2.15. The van der Waals surface area contributed by atoms with E-state index in [1.807, 2.05) is 48.7 Å². The van der Waals surface area contributed by atoms with Crippen LogP contribution in [0.1, 0.15) is 11.1 Å². The van der Waals surface area contributed by atoms with Crippen LogP contribution in [-0.2, 0) is 11.3 Å². The number of amides is 1. The van der Waals surface area contributed by atoms with Gasteiger partial charge in [-0.2, -0.15) is 5.26 Å². The fourth-order valence-corrected chi connectivity index (χ4v) is 4.20. The van der Waals surface area contributed by atoms with Gasteiger partial charge in [0.25, 0.3) is 5.91 Å². The van der Waals surface area contributed by atoms with Crippen LogP contribution >= 0.6 is 15.9 Å². The second-order valence-corrected chi connectivity index (χ2v) is 8.47. The Balaban J connectivity index is 1.67. The molecule has 0 spiro atoms. The van der Waals surface area contributed by atoms with E-state index in [-0.39, 0.29) is 5.57 Å². The van der Waals surface area contributed by atoms with Crippen molar-refractivity contribution in [2.45, 2.75) is 6.54 Å². The van der Waals surface area contributed by atoms with E-state index in [0.29, 0.717) is 23.7 Å². The van der Waals surface area contributed by atoms with Gasteiger partial charge in [0, 0.05) is 39.7 Å². The number of fused-ring (bicyclic) bond motifs is 1. The fraction of sp³-hybridized carbons (Fsp3) is 0.111. The molecule has 0 aliphatic heterocycles. The van der Waals surface area contributed by atoms with Gasteiger partial charge in [0.15, 0.2) is 0 Å². The van der Waals surface area contributed by atoms with Crippen molar-refractivity contribution in [3.05, 3.63) is 94.1 Å². The number of anilines is 1. The van der Waals surface area contributed by atoms with Crippen LogP contribution in [0.15, 0.2) is 83.0 Å². The summed E-state index contributed by atoms with van der Waals surface area (Å²) >= 11 is 3.52. The van der Waals surface area contributed by atoms with E-state index in [1.54, 1.807) is 31.4 Å². The maximum atomic E-state index is 12.9. The molecule has 170 valence electrons. The quantitative estimate of drug-likeness (QED) is 0.241. The fourth-order valence-electron chi connectivity index (χ4n) is 3.75. The van der Waals surface area contributed by atoms with Crippen molar-refractivity contribution in [1.82, 2.24) is 4.57 Å². The Bertz CT molecular complexity index is 1430. The molecule has 6 nitrogen and oxygen atoms in total. The SMILES string of the molecule is COc1ccc(NC(=O)C(C#N)=Cc2cn(Cc3cccc(Br)c3)c3ccccc23)c(OC)c1. The number of ether oxygens (including phenoxy) is 2. The average Bonchev–Trinajstić information content (AvgIpc) is 3.19. The molecule has 0 bridgehead atoms. The highest BCUT2D eigenvalue weighted by molar-refractivity contribution is 9.10. The van der Waals surface area contributed by atoms with Crippen molar-refractivity contribution in [2.24, 2.45) is 0 Å². The van der Waals surface area contributed by atoms with Crippen molar-refractivity contribution in [3.8, 4) is 17.6 Å². The lowest BCUT2D eigenvalue weighted by Gasteiger charge is -2.11. The number of nitrogens with one attached hydrogen (secondary N) is 1. The summed E-state index contributed by atoms with van der Waals surface area (Å²) in [7, 11) is 3.06. The van der Waals surface area contributed by atoms with Crippen molar-refractivity contribution in [3.63, 3.8) is 0 Å². The van der Waals surface area contributed by atoms with Gasteiger partial charge in [0.05, 0.1) is 19.9 Å². The van der Waals surface area contributed by atoms with Crippen LogP contribution in [0.4, 0.5) is 5.69 Å². The van der Waals surface area contributed by atoms with Crippen LogP contribution in [-0.4, -0.2) is 24.7 Å². The van der Waals surface area contributed by atoms with Crippen molar-refractivity contribution in [2.75, 3.05) is 19.5 Å². The molecule has 7 heteroatoms. The number of hydrogen-bond acceptors (Lipinski definition) is 4. The zero-order chi connectivity index (χ0) is 24.1. The van der Waals surface area contributed by atoms with Crippen LogP contribution in [0, 0.1) is 11.3 Å². The Hall–Kier alpha value is -4.02. The lowest BCUT2D eigenvalue weighted by molar-refractivity contribution is -0.112. The number of hydrogen-bond donors (Lipinski definition) is 1. The predicted octanol–water partition coefficient (Wildman–Crippen LogP) is 6.01. The highest BCUT2D eigenvalue weighted by Crippen LogP contribution is 2.30. The van der Waals surface area contributed by atoms with Gasteiger partial charge in [-0.1, -0.05) is 46.3 Å². The number of para-hydroxylation sites is 1. The molecule has 4 rings (SSSR count). The average molecular weight is 516 g/mol. The topological polar surface area (TPSA) is 76.3 Å². The number of rotatable bonds is 7. The number of carbonyl (C=O) groups is 1. The van der Waals surface area contributed by atoms with Crippen molar-refractivity contribution >= 4 is 44.5 Å². The van der Waals surface area contributed by atoms with Crippen LogP contribution in [0.2, 0.25) is 0 Å². The van der Waals surface area contributed by atoms with E-state index in [4.69, 9.17) is 9.47 Å². The molecule has 0 fully saturated rings. The van der Waals surface area contributed by atoms with Crippen LogP contribution in [0.25, 0.3) is 17.0 Å². The number of benzene rings is 3. The van der Waals surface area contributed by atoms with E-state index in [0.717, 1.165) is 26.5 Å². The molecule has 0 radical (unpaired) electrons. The molecule has 1 amide bonds. The van der Waals surface area contributed by atoms with Gasteiger partial charge in [-0.15, -0.1) is 0 Å². The van der Waals surface area contributed by atoms with E-state index >= 15 is 0 Å². The van der Waals surface area contributed by atoms with E-state index in [2.05, 4.69) is 37.9 Å². The van der Waals surface area contributed by atoms with E-state index in [1.165, 1.54) is 7.11 Å². The zero-order valence-electron chi connectivity index (χ0n) is 18.7. The van der Waals surface area contributed by atoms with Gasteiger partial charge >= 0.3 is 0 Å². The lowest BCUT2D eigenvalue weighted by Crippen LogP contribution is -2.14. The summed E-state index contributed by atoms with van der Waals surface area (Å²) in [6.45, 7) is 0.658. The molecule has 1 aromatic heterocycles. The first kappa shape index (κ1) is 23.1. The van der Waals surface area contributed by atoms with E-state index < -0.39 is 5.91 Å². The van der Waals surface area contributed by atoms with Gasteiger partial charge in [-0.25, -0.2) is 0 Å². The van der Waals surface area contributed by atoms with Crippen LogP contribution in [0.5, 0.6) is 11.5 Å². The Morgan fingerprint density at radius 1 is 1.09 bits per heavy atom. The molecule has 34 heavy (non-hydrogen) atoms. The standard InChI is InChI=1S/C27H22BrN3O3/c1-33-22-10-11-24(26(14-22)34-2)30-27(32)19(15-29)13-20-17-31(25-9-4-3-8-23(20)25)16-18-6-5-7-21(28)12-18/h3-14,17H,16H2,1-2H3,(H,30,32). The summed E-state index contributed by atoms with van der Waals surface area (Å²) in [5.41, 5.74) is 3.38. The second kappa shape index (κ2) is 10.3. The predicted molar refractivity (Wildman–Crippen MR) is 137 cm³/mol. The maximum Gasteiger partial charge on any atom is 0.266 e. The molecule has 4 aromatic rings. The first-order valence-corrected chi connectivity index (χ1v) is 11.3. The van der Waals surface area contributed by atoms with Crippen molar-refractivity contribution < 1.29 is 14.3 Å². The number of methoxy groups -OCH3 is 2. The van der Waals surface area contributed by atoms with Crippen LogP contribution in [0.3, 0.4) is 0 Å². The Morgan fingerprint density at radius 2 is 1.91 bits per heavy atom. The van der Waals surface area contributed by atoms with Gasteiger partial charge in [-0.05, 0) is 42.0 Å². The summed E-state index contributed by atoms with van der Waals surface area (Å²) in [6, 6.07) is 23.1. The number of nitriles is 1. The molecular formula is C27H22BrN3O3. The smallest absolute Gasteiger partial charge is 0.266 e. The first-order valence-electron chi connectivity index (χ1n) is 10.5. The summed E-state index contributed by atoms with van der Waals surface area (Å²) in [5.74, 6) is 0.523. The number of nitrogens with zero attached hydrogens (tertiary/aromatic N) is 2. The molecule has 3 aromatic carbocycles. The van der Waals surface area contributed by atoms with Gasteiger partial charge in [-0.3, -0.25) is 4.79 Å². The summed E-state index contributed by atoms with van der Waals surface area (Å²) in [5, 5.41) is 13.5. The van der Waals surface area contributed by atoms with E-state index in [9.17, 15) is 10.1 Å². The molecule has 0 saturated carbocycles. The highest BCUT2D eigenvalue weighted by atomic mass is 79.9. The summed E-state index contributed by atoms with van der Waals surface area (Å²) < 4.78 is 13.7. The molecule has 0 saturated heterocycles. The second-order valence-electron chi connectivity index (χ2n) is 7.55.